The zero-order chi connectivity index (χ0) is 4.50. The van der Waals surface area contributed by atoms with Crippen molar-refractivity contribution in [1.82, 2.24) is 0 Å². The summed E-state index contributed by atoms with van der Waals surface area (Å²) in [5, 5.41) is 0. The van der Waals surface area contributed by atoms with Crippen LogP contribution in [-0.4, -0.2) is 0 Å². The molecule has 0 aliphatic rings. The Bertz CT molecular complexity index is 155. The second-order valence-corrected chi connectivity index (χ2v) is 2.09. The van der Waals surface area contributed by atoms with E-state index in [4.69, 9.17) is 14.3 Å². The number of hydrogen-bond acceptors (Lipinski definition) is 4. The van der Waals surface area contributed by atoms with E-state index in [1.165, 1.54) is 0 Å². The van der Waals surface area contributed by atoms with Crippen LogP contribution >= 0.6 is 0 Å². The summed E-state index contributed by atoms with van der Waals surface area (Å²) < 4.78 is 34.4. The van der Waals surface area contributed by atoms with E-state index in [-0.39, 0.29) is 0 Å². The second-order valence-electron chi connectivity index (χ2n) is 0.354. The molecule has 0 heterocycles. The van der Waals surface area contributed by atoms with Gasteiger partial charge >= 0.3 is 28.9 Å². The van der Waals surface area contributed by atoms with Gasteiger partial charge < -0.3 is 0 Å². The van der Waals surface area contributed by atoms with E-state index in [0.29, 0.717) is 0 Å². The molecule has 0 saturated carbocycles. The summed E-state index contributed by atoms with van der Waals surface area (Å²) >= 11 is -5.86. The van der Waals surface area contributed by atoms with Crippen LogP contribution in [0.5, 0.6) is 0 Å². The van der Waals surface area contributed by atoms with Crippen LogP contribution in [-0.2, 0) is 28.9 Å². The Balaban J connectivity index is 6.05. The quantitative estimate of drug-likeness (QED) is 0.454. The normalized spacial score (nSPS) is 11.2. The molecule has 0 aromatic heterocycles. The summed E-state index contributed by atoms with van der Waals surface area (Å²) in [6.07, 6.45) is 0. The Morgan fingerprint density at radius 2 is 0.800 bits per heavy atom. The Labute approximate surface area is 29.7 Å². The number of rotatable bonds is 0. The fourth-order valence-electron chi connectivity index (χ4n) is 0. The van der Waals surface area contributed by atoms with E-state index >= 15 is 0 Å². The van der Waals surface area contributed by atoms with Gasteiger partial charge in [-0.25, -0.2) is 0 Å². The molecular weight excluding hydrogens is 165 g/mol. The van der Waals surface area contributed by atoms with E-state index in [1.807, 2.05) is 0 Å². The molecule has 0 atom stereocenters. The molecule has 0 rings (SSSR count). The summed E-state index contributed by atoms with van der Waals surface area (Å²) in [5.41, 5.74) is 0. The molecule has 0 aromatic rings. The molecule has 33 valence electrons. The minimum atomic E-state index is -5.86. The molecule has 0 amide bonds. The molecule has 0 spiro atoms. The third-order valence-electron chi connectivity index (χ3n) is 0. The van der Waals surface area contributed by atoms with Gasteiger partial charge in [0.2, 0.25) is 0 Å². The first-order valence-electron chi connectivity index (χ1n) is 0.577. The maximum absolute atomic E-state index is 8.61. The van der Waals surface area contributed by atoms with Gasteiger partial charge in [0.15, 0.2) is 0 Å². The predicted octanol–water partition coefficient (Wildman–Crippen LogP) is -0.478. The Kier molecular flexibility index (Phi) is 0.867. The zero-order valence-electron chi connectivity index (χ0n) is 1.99. The average Bonchev–Trinajstić information content (AvgIpc) is 0.722. The first-order chi connectivity index (χ1) is 2.00. The van der Waals surface area contributed by atoms with E-state index < -0.39 is 14.6 Å². The van der Waals surface area contributed by atoms with Crippen LogP contribution in [0.3, 0.4) is 0 Å². The van der Waals surface area contributed by atoms with Gasteiger partial charge in [0.1, 0.15) is 0 Å². The molecule has 0 N–H and O–H groups in total. The van der Waals surface area contributed by atoms with Crippen LogP contribution in [0, 0.1) is 0 Å². The van der Waals surface area contributed by atoms with Crippen molar-refractivity contribution in [2.45, 2.75) is 0 Å². The average molecular weight is 165 g/mol. The van der Waals surface area contributed by atoms with E-state index in [2.05, 4.69) is 0 Å². The first kappa shape index (κ1) is 4.82. The van der Waals surface area contributed by atoms with Gasteiger partial charge in [-0.05, 0) is 0 Å². The summed E-state index contributed by atoms with van der Waals surface area (Å²) in [6.45, 7) is 0. The standard InChI is InChI=1S/4O.Ru/q;;;;-1. The molecule has 0 saturated heterocycles. The molecular formula is O4Ru-. The van der Waals surface area contributed by atoms with Crippen molar-refractivity contribution in [3.8, 4) is 0 Å². The fraction of sp³-hybridized carbons (Fsp3) is 0. The molecule has 0 aromatic carbocycles. The third-order valence-corrected chi connectivity index (χ3v) is 0. The van der Waals surface area contributed by atoms with Crippen LogP contribution in [0.4, 0.5) is 0 Å². The van der Waals surface area contributed by atoms with Crippen molar-refractivity contribution in [2.24, 2.45) is 0 Å². The number of hydrogen-bond donors (Lipinski definition) is 0. The van der Waals surface area contributed by atoms with Crippen molar-refractivity contribution in [2.75, 3.05) is 0 Å². The Morgan fingerprint density at radius 1 is 0.800 bits per heavy atom. The molecule has 0 fully saturated rings. The third kappa shape index (κ3) is 407. The van der Waals surface area contributed by atoms with Crippen LogP contribution in [0.2, 0.25) is 0 Å². The first-order valence-corrected chi connectivity index (χ1v) is 3.42. The van der Waals surface area contributed by atoms with Crippen LogP contribution in [0.15, 0.2) is 0 Å². The van der Waals surface area contributed by atoms with Crippen molar-refractivity contribution in [3.05, 3.63) is 0 Å². The summed E-state index contributed by atoms with van der Waals surface area (Å²) in [7, 11) is 0. The second kappa shape index (κ2) is 0.899. The van der Waals surface area contributed by atoms with Crippen molar-refractivity contribution < 1.29 is 28.9 Å². The molecule has 0 unspecified atom stereocenters. The van der Waals surface area contributed by atoms with Crippen molar-refractivity contribution in [3.63, 3.8) is 0 Å². The van der Waals surface area contributed by atoms with E-state index in [0.717, 1.165) is 0 Å². The van der Waals surface area contributed by atoms with Crippen LogP contribution < -0.4 is 0 Å². The minimum absolute atomic E-state index is 5.86. The maximum atomic E-state index is 8.61. The Morgan fingerprint density at radius 3 is 0.800 bits per heavy atom. The van der Waals surface area contributed by atoms with Gasteiger partial charge in [-0.2, -0.15) is 0 Å². The van der Waals surface area contributed by atoms with Gasteiger partial charge in [0, 0.05) is 0 Å². The van der Waals surface area contributed by atoms with Gasteiger partial charge in [-0.15, -0.1) is 0 Å². The van der Waals surface area contributed by atoms with E-state index in [1.54, 1.807) is 0 Å². The van der Waals surface area contributed by atoms with Gasteiger partial charge in [0.05, 0.1) is 0 Å². The molecule has 0 bridgehead atoms. The molecule has 0 aliphatic heterocycles. The molecule has 5 heavy (non-hydrogen) atoms. The topological polar surface area (TPSA) is 68.3 Å². The Hall–Kier alpha value is -0.177. The molecule has 5 heteroatoms. The monoisotopic (exact) mass is 166 g/mol. The predicted molar refractivity (Wildman–Crippen MR) is 2.75 cm³/mol. The van der Waals surface area contributed by atoms with Crippen LogP contribution in [0.25, 0.3) is 0 Å². The van der Waals surface area contributed by atoms with E-state index in [9.17, 15) is 0 Å². The van der Waals surface area contributed by atoms with Gasteiger partial charge in [0.25, 0.3) is 0 Å². The van der Waals surface area contributed by atoms with Crippen LogP contribution in [0.1, 0.15) is 0 Å². The van der Waals surface area contributed by atoms with Crippen molar-refractivity contribution >= 4 is 0 Å². The SMILES string of the molecule is [O]=[Ru-](=[O])(=[O])=[O]. The molecule has 0 aliphatic carbocycles. The fourth-order valence-corrected chi connectivity index (χ4v) is 0. The van der Waals surface area contributed by atoms with Gasteiger partial charge in [-0.3, -0.25) is 0 Å². The summed E-state index contributed by atoms with van der Waals surface area (Å²) in [6, 6.07) is 0. The summed E-state index contributed by atoms with van der Waals surface area (Å²) in [4.78, 5) is 0. The molecule has 4 nitrogen and oxygen atoms in total. The van der Waals surface area contributed by atoms with Gasteiger partial charge in [-0.1, -0.05) is 0 Å². The summed E-state index contributed by atoms with van der Waals surface area (Å²) in [5.74, 6) is 0. The van der Waals surface area contributed by atoms with Crippen molar-refractivity contribution in [1.29, 1.82) is 0 Å². The molecule has 0 radical (unpaired) electrons. The zero-order valence-corrected chi connectivity index (χ0v) is 3.72.